The molecule has 3 aromatic rings. The average Bonchev–Trinajstić information content (AvgIpc) is 3.15. The number of rotatable bonds is 4. The molecule has 1 aromatic carbocycles. The molecule has 124 valence electrons. The molecule has 2 aromatic heterocycles. The monoisotopic (exact) mass is 341 g/mol. The maximum absolute atomic E-state index is 12.1. The molecule has 4 rings (SSSR count). The van der Waals surface area contributed by atoms with Crippen LogP contribution >= 0.6 is 11.3 Å². The van der Waals surface area contributed by atoms with Gasteiger partial charge in [-0.05, 0) is 12.1 Å². The lowest BCUT2D eigenvalue weighted by Crippen LogP contribution is -2.47. The Kier molecular flexibility index (Phi) is 4.27. The van der Waals surface area contributed by atoms with Crippen LogP contribution in [0.5, 0.6) is 0 Å². The summed E-state index contributed by atoms with van der Waals surface area (Å²) in [5.41, 5.74) is 0.717. The van der Waals surface area contributed by atoms with Crippen molar-refractivity contribution >= 4 is 27.4 Å². The van der Waals surface area contributed by atoms with Crippen molar-refractivity contribution in [1.82, 2.24) is 19.9 Å². The number of hydrogen-bond acceptors (Lipinski definition) is 6. The molecule has 0 atom stereocenters. The van der Waals surface area contributed by atoms with Gasteiger partial charge in [-0.2, -0.15) is 0 Å². The Labute approximate surface area is 143 Å². The summed E-state index contributed by atoms with van der Waals surface area (Å²) >= 11 is 1.69. The smallest absolute Gasteiger partial charge is 0.258 e. The maximum Gasteiger partial charge on any atom is 0.258 e. The van der Waals surface area contributed by atoms with E-state index in [4.69, 9.17) is 0 Å². The quantitative estimate of drug-likeness (QED) is 0.783. The van der Waals surface area contributed by atoms with Crippen LogP contribution in [0, 0.1) is 0 Å². The number of piperazine rings is 1. The topological polar surface area (TPSA) is 65.1 Å². The first-order valence-corrected chi connectivity index (χ1v) is 9.02. The predicted octanol–water partition coefficient (Wildman–Crippen LogP) is 1.74. The molecule has 0 saturated carbocycles. The number of nitrogens with one attached hydrogen (secondary N) is 1. The van der Waals surface area contributed by atoms with Gasteiger partial charge in [-0.25, -0.2) is 9.97 Å². The zero-order chi connectivity index (χ0) is 16.4. The van der Waals surface area contributed by atoms with Gasteiger partial charge in [0, 0.05) is 50.7 Å². The molecule has 0 spiro atoms. The van der Waals surface area contributed by atoms with Crippen LogP contribution in [0.2, 0.25) is 0 Å². The number of benzene rings is 1. The number of aromatic amines is 1. The van der Waals surface area contributed by atoms with Crippen LogP contribution in [0.25, 0.3) is 10.9 Å². The van der Waals surface area contributed by atoms with Gasteiger partial charge in [0.2, 0.25) is 0 Å². The third-order valence-electron chi connectivity index (χ3n) is 4.39. The fourth-order valence-electron chi connectivity index (χ4n) is 3.05. The Morgan fingerprint density at radius 2 is 2.00 bits per heavy atom. The zero-order valence-corrected chi connectivity index (χ0v) is 14.1. The van der Waals surface area contributed by atoms with Crippen LogP contribution in [0.15, 0.2) is 40.6 Å². The summed E-state index contributed by atoms with van der Waals surface area (Å²) in [5, 5.41) is 3.78. The van der Waals surface area contributed by atoms with Gasteiger partial charge in [-0.15, -0.1) is 11.3 Å². The highest BCUT2D eigenvalue weighted by molar-refractivity contribution is 7.13. The van der Waals surface area contributed by atoms with E-state index in [1.165, 1.54) is 0 Å². The van der Waals surface area contributed by atoms with E-state index in [0.29, 0.717) is 5.39 Å². The average molecular weight is 341 g/mol. The molecular weight excluding hydrogens is 322 g/mol. The highest BCUT2D eigenvalue weighted by atomic mass is 32.1. The van der Waals surface area contributed by atoms with E-state index in [9.17, 15) is 4.79 Å². The minimum Gasteiger partial charge on any atom is -0.346 e. The summed E-state index contributed by atoms with van der Waals surface area (Å²) in [4.78, 5) is 28.7. The molecule has 1 aliphatic rings. The molecule has 1 N–H and O–H groups in total. The van der Waals surface area contributed by atoms with Gasteiger partial charge in [0.25, 0.3) is 5.56 Å². The van der Waals surface area contributed by atoms with Gasteiger partial charge in [0.05, 0.1) is 10.9 Å². The van der Waals surface area contributed by atoms with Gasteiger partial charge in [-0.1, -0.05) is 12.1 Å². The molecule has 0 aliphatic carbocycles. The zero-order valence-electron chi connectivity index (χ0n) is 13.3. The first-order valence-electron chi connectivity index (χ1n) is 8.14. The molecule has 0 unspecified atom stereocenters. The number of anilines is 1. The van der Waals surface area contributed by atoms with Gasteiger partial charge in [-0.3, -0.25) is 9.69 Å². The molecule has 0 radical (unpaired) electrons. The van der Waals surface area contributed by atoms with Crippen molar-refractivity contribution in [3.8, 4) is 0 Å². The lowest BCUT2D eigenvalue weighted by atomic mass is 10.2. The highest BCUT2D eigenvalue weighted by Gasteiger charge is 2.18. The van der Waals surface area contributed by atoms with Crippen molar-refractivity contribution in [1.29, 1.82) is 0 Å². The highest BCUT2D eigenvalue weighted by Crippen LogP contribution is 2.18. The standard InChI is InChI=1S/C17H19N5OS/c23-16-13-3-1-2-4-14(13)19-15(20-16)5-7-21-8-10-22(11-9-21)17-18-6-12-24-17/h1-4,6,12H,5,7-11H2,(H,19,20,23). The van der Waals surface area contributed by atoms with Gasteiger partial charge in [0.1, 0.15) is 5.82 Å². The van der Waals surface area contributed by atoms with E-state index < -0.39 is 0 Å². The molecule has 1 aliphatic heterocycles. The van der Waals surface area contributed by atoms with Crippen molar-refractivity contribution in [3.05, 3.63) is 52.0 Å². The number of fused-ring (bicyclic) bond motifs is 1. The summed E-state index contributed by atoms with van der Waals surface area (Å²) < 4.78 is 0. The summed E-state index contributed by atoms with van der Waals surface area (Å²) in [6.07, 6.45) is 2.62. The molecule has 24 heavy (non-hydrogen) atoms. The van der Waals surface area contributed by atoms with Crippen molar-refractivity contribution < 1.29 is 0 Å². The summed E-state index contributed by atoms with van der Waals surface area (Å²) in [6.45, 7) is 4.92. The summed E-state index contributed by atoms with van der Waals surface area (Å²) in [7, 11) is 0. The van der Waals surface area contributed by atoms with Crippen molar-refractivity contribution in [2.75, 3.05) is 37.6 Å². The molecule has 1 fully saturated rings. The van der Waals surface area contributed by atoms with Crippen molar-refractivity contribution in [2.24, 2.45) is 0 Å². The summed E-state index contributed by atoms with van der Waals surface area (Å²) in [5.74, 6) is 0.765. The van der Waals surface area contributed by atoms with Crippen LogP contribution in [-0.2, 0) is 6.42 Å². The summed E-state index contributed by atoms with van der Waals surface area (Å²) in [6, 6.07) is 7.47. The molecular formula is C17H19N5OS. The van der Waals surface area contributed by atoms with Gasteiger partial charge in [0.15, 0.2) is 5.13 Å². The lowest BCUT2D eigenvalue weighted by molar-refractivity contribution is 0.259. The van der Waals surface area contributed by atoms with Crippen molar-refractivity contribution in [2.45, 2.75) is 6.42 Å². The van der Waals surface area contributed by atoms with Crippen LogP contribution < -0.4 is 10.5 Å². The predicted molar refractivity (Wildman–Crippen MR) is 96.8 cm³/mol. The minimum absolute atomic E-state index is 0.0517. The second-order valence-corrected chi connectivity index (χ2v) is 6.80. The Balaban J connectivity index is 1.37. The SMILES string of the molecule is O=c1[nH]c(CCN2CCN(c3nccs3)CC2)nc2ccccc12. The number of aromatic nitrogens is 3. The number of nitrogens with zero attached hydrogens (tertiary/aromatic N) is 4. The van der Waals surface area contributed by atoms with E-state index >= 15 is 0 Å². The largest absolute Gasteiger partial charge is 0.346 e. The van der Waals surface area contributed by atoms with E-state index in [1.54, 1.807) is 11.3 Å². The normalized spacial score (nSPS) is 15.9. The van der Waals surface area contributed by atoms with Gasteiger partial charge < -0.3 is 9.88 Å². The number of para-hydroxylation sites is 1. The van der Waals surface area contributed by atoms with Crippen molar-refractivity contribution in [3.63, 3.8) is 0 Å². The number of H-pyrrole nitrogens is 1. The van der Waals surface area contributed by atoms with E-state index in [-0.39, 0.29) is 5.56 Å². The lowest BCUT2D eigenvalue weighted by Gasteiger charge is -2.34. The van der Waals surface area contributed by atoms with E-state index in [2.05, 4.69) is 24.8 Å². The maximum atomic E-state index is 12.1. The van der Waals surface area contributed by atoms with Crippen LogP contribution in [-0.4, -0.2) is 52.6 Å². The first-order chi connectivity index (χ1) is 11.8. The first kappa shape index (κ1) is 15.3. The van der Waals surface area contributed by atoms with Crippen LogP contribution in [0.4, 0.5) is 5.13 Å². The van der Waals surface area contributed by atoms with Gasteiger partial charge >= 0.3 is 0 Å². The fraction of sp³-hybridized carbons (Fsp3) is 0.353. The third kappa shape index (κ3) is 3.18. The minimum atomic E-state index is -0.0517. The van der Waals surface area contributed by atoms with E-state index in [1.807, 2.05) is 35.8 Å². The molecule has 0 bridgehead atoms. The Hall–Kier alpha value is -2.25. The molecule has 0 amide bonds. The third-order valence-corrected chi connectivity index (χ3v) is 5.22. The second kappa shape index (κ2) is 6.70. The van der Waals surface area contributed by atoms with Crippen LogP contribution in [0.1, 0.15) is 5.82 Å². The number of thiazole rings is 1. The Bertz CT molecular complexity index is 868. The Morgan fingerprint density at radius 1 is 1.17 bits per heavy atom. The molecule has 3 heterocycles. The second-order valence-electron chi connectivity index (χ2n) is 5.92. The fourth-order valence-corrected chi connectivity index (χ4v) is 3.75. The molecule has 6 nitrogen and oxygen atoms in total. The molecule has 1 saturated heterocycles. The molecule has 7 heteroatoms. The Morgan fingerprint density at radius 3 is 2.79 bits per heavy atom. The van der Waals surface area contributed by atoms with Crippen LogP contribution in [0.3, 0.4) is 0 Å². The number of hydrogen-bond donors (Lipinski definition) is 1. The van der Waals surface area contributed by atoms with E-state index in [0.717, 1.165) is 55.6 Å².